The molecule has 0 spiro atoms. The summed E-state index contributed by atoms with van der Waals surface area (Å²) in [6.07, 6.45) is 22.8. The molecule has 0 atom stereocenters. The van der Waals surface area contributed by atoms with E-state index in [1.807, 2.05) is 12.2 Å². The molecule has 0 saturated heterocycles. The maximum atomic E-state index is 10.3. The molecule has 136 valence electrons. The molecule has 0 unspecified atom stereocenters. The lowest BCUT2D eigenvalue weighted by molar-refractivity contribution is -0.206. The van der Waals surface area contributed by atoms with E-state index in [0.29, 0.717) is 12.2 Å². The predicted octanol–water partition coefficient (Wildman–Crippen LogP) is 6.03. The first-order valence-electron chi connectivity index (χ1n) is 8.88. The van der Waals surface area contributed by atoms with Crippen molar-refractivity contribution in [3.63, 3.8) is 0 Å². The quantitative estimate of drug-likeness (QED) is 0.126. The van der Waals surface area contributed by atoms with Crippen molar-refractivity contribution in [2.24, 2.45) is 0 Å². The average Bonchev–Trinajstić information content (AvgIpc) is 2.57. The summed E-state index contributed by atoms with van der Waals surface area (Å²) >= 11 is 0. The summed E-state index contributed by atoms with van der Waals surface area (Å²) in [5.41, 5.74) is 0. The lowest BCUT2D eigenvalue weighted by Crippen LogP contribution is -1.92. The van der Waals surface area contributed by atoms with E-state index in [1.165, 1.54) is 0 Å². The first-order valence-corrected chi connectivity index (χ1v) is 8.88. The van der Waals surface area contributed by atoms with Crippen LogP contribution in [0.4, 0.5) is 0 Å². The van der Waals surface area contributed by atoms with E-state index in [2.05, 4.69) is 42.2 Å². The number of hydrogen-bond acceptors (Lipinski definition) is 3. The molecule has 0 aliphatic carbocycles. The van der Waals surface area contributed by atoms with Gasteiger partial charge < -0.3 is 9.99 Å². The SMILES string of the molecule is CCCCC/C(=C/C/C=C/C/C=C/C/C=C/CCCC(=O)O)OO. The zero-order valence-electron chi connectivity index (χ0n) is 14.8. The number of unbranched alkanes of at least 4 members (excludes halogenated alkanes) is 3. The molecule has 0 aromatic heterocycles. The van der Waals surface area contributed by atoms with E-state index in [9.17, 15) is 4.79 Å². The van der Waals surface area contributed by atoms with Crippen LogP contribution in [0.1, 0.15) is 71.1 Å². The minimum atomic E-state index is -0.733. The zero-order valence-corrected chi connectivity index (χ0v) is 14.8. The topological polar surface area (TPSA) is 66.8 Å². The van der Waals surface area contributed by atoms with Crippen LogP contribution in [0.15, 0.2) is 48.3 Å². The molecule has 0 aliphatic heterocycles. The number of rotatable bonds is 15. The van der Waals surface area contributed by atoms with Gasteiger partial charge in [-0.15, -0.1) is 0 Å². The normalized spacial score (nSPS) is 12.7. The number of hydrogen-bond donors (Lipinski definition) is 2. The molecule has 4 nitrogen and oxygen atoms in total. The Morgan fingerprint density at radius 1 is 0.875 bits per heavy atom. The fraction of sp³-hybridized carbons (Fsp3) is 0.550. The Morgan fingerprint density at radius 3 is 2.08 bits per heavy atom. The smallest absolute Gasteiger partial charge is 0.303 e. The van der Waals surface area contributed by atoms with Crippen LogP contribution in [-0.4, -0.2) is 16.3 Å². The van der Waals surface area contributed by atoms with Crippen LogP contribution in [0.2, 0.25) is 0 Å². The van der Waals surface area contributed by atoms with E-state index >= 15 is 0 Å². The molecule has 24 heavy (non-hydrogen) atoms. The van der Waals surface area contributed by atoms with Crippen molar-refractivity contribution in [1.29, 1.82) is 0 Å². The van der Waals surface area contributed by atoms with Gasteiger partial charge in [-0.2, -0.15) is 0 Å². The van der Waals surface area contributed by atoms with Crippen molar-refractivity contribution in [2.45, 2.75) is 71.1 Å². The Bertz CT molecular complexity index is 419. The van der Waals surface area contributed by atoms with Crippen LogP contribution < -0.4 is 0 Å². The largest absolute Gasteiger partial charge is 0.481 e. The molecule has 0 saturated carbocycles. The van der Waals surface area contributed by atoms with Gasteiger partial charge in [0.1, 0.15) is 5.76 Å². The summed E-state index contributed by atoms with van der Waals surface area (Å²) < 4.78 is 0. The van der Waals surface area contributed by atoms with Crippen molar-refractivity contribution >= 4 is 5.97 Å². The molecule has 0 heterocycles. The fourth-order valence-electron chi connectivity index (χ4n) is 2.06. The molecule has 4 heteroatoms. The van der Waals surface area contributed by atoms with Crippen LogP contribution in [0.3, 0.4) is 0 Å². The molecule has 0 rings (SSSR count). The predicted molar refractivity (Wildman–Crippen MR) is 98.7 cm³/mol. The maximum Gasteiger partial charge on any atom is 0.303 e. The van der Waals surface area contributed by atoms with Crippen LogP contribution in [-0.2, 0) is 9.68 Å². The van der Waals surface area contributed by atoms with Crippen molar-refractivity contribution < 1.29 is 20.0 Å². The highest BCUT2D eigenvalue weighted by Gasteiger charge is 1.96. The number of carboxylic acid groups (broad SMARTS) is 1. The number of allylic oxidation sites excluding steroid dienone is 8. The van der Waals surface area contributed by atoms with Gasteiger partial charge in [0.2, 0.25) is 0 Å². The van der Waals surface area contributed by atoms with Gasteiger partial charge in [0, 0.05) is 12.8 Å². The van der Waals surface area contributed by atoms with Gasteiger partial charge in [0.05, 0.1) is 0 Å². The number of carbonyl (C=O) groups is 1. The molecule has 0 aliphatic rings. The van der Waals surface area contributed by atoms with Crippen molar-refractivity contribution in [1.82, 2.24) is 0 Å². The minimum absolute atomic E-state index is 0.237. The van der Waals surface area contributed by atoms with Crippen LogP contribution in [0.5, 0.6) is 0 Å². The Labute approximate surface area is 146 Å². The Kier molecular flexibility index (Phi) is 16.2. The van der Waals surface area contributed by atoms with Gasteiger partial charge in [0.15, 0.2) is 0 Å². The second-order valence-electron chi connectivity index (χ2n) is 5.63. The van der Waals surface area contributed by atoms with Crippen molar-refractivity contribution in [3.05, 3.63) is 48.3 Å². The molecule has 0 amide bonds. The van der Waals surface area contributed by atoms with Crippen LogP contribution in [0.25, 0.3) is 0 Å². The monoisotopic (exact) mass is 336 g/mol. The summed E-state index contributed by atoms with van der Waals surface area (Å²) in [5.74, 6) is -0.0831. The molecule has 0 bridgehead atoms. The van der Waals surface area contributed by atoms with E-state index < -0.39 is 5.97 Å². The van der Waals surface area contributed by atoms with E-state index in [4.69, 9.17) is 10.4 Å². The molecule has 0 fully saturated rings. The summed E-state index contributed by atoms with van der Waals surface area (Å²) in [7, 11) is 0. The Balaban J connectivity index is 3.69. The van der Waals surface area contributed by atoms with Gasteiger partial charge in [-0.25, -0.2) is 5.26 Å². The van der Waals surface area contributed by atoms with E-state index in [-0.39, 0.29) is 6.42 Å². The second-order valence-corrected chi connectivity index (χ2v) is 5.63. The Morgan fingerprint density at radius 2 is 1.50 bits per heavy atom. The molecule has 0 radical (unpaired) electrons. The third kappa shape index (κ3) is 16.6. The number of carboxylic acids is 1. The molecule has 0 aromatic rings. The van der Waals surface area contributed by atoms with Gasteiger partial charge in [-0.3, -0.25) is 4.79 Å². The van der Waals surface area contributed by atoms with Gasteiger partial charge in [0.25, 0.3) is 0 Å². The second kappa shape index (κ2) is 17.5. The summed E-state index contributed by atoms with van der Waals surface area (Å²) in [6, 6.07) is 0. The Hall–Kier alpha value is -1.81. The van der Waals surface area contributed by atoms with Crippen LogP contribution >= 0.6 is 0 Å². The van der Waals surface area contributed by atoms with Gasteiger partial charge in [-0.05, 0) is 44.6 Å². The lowest BCUT2D eigenvalue weighted by atomic mass is 10.1. The fourth-order valence-corrected chi connectivity index (χ4v) is 2.06. The van der Waals surface area contributed by atoms with E-state index in [1.54, 1.807) is 0 Å². The minimum Gasteiger partial charge on any atom is -0.481 e. The highest BCUT2D eigenvalue weighted by atomic mass is 17.1. The molecule has 2 N–H and O–H groups in total. The van der Waals surface area contributed by atoms with Gasteiger partial charge >= 0.3 is 5.97 Å². The van der Waals surface area contributed by atoms with Gasteiger partial charge in [-0.1, -0.05) is 56.2 Å². The standard InChI is InChI=1S/C20H32O4/c1-2-3-13-16-19(24-23)17-14-11-9-7-5-4-6-8-10-12-15-18-20(21)22/h4-5,8-11,17,23H,2-3,6-7,12-16,18H2,1H3,(H,21,22)/b5-4+,10-8+,11-9+,19-17-. The highest BCUT2D eigenvalue weighted by Crippen LogP contribution is 2.10. The summed E-state index contributed by atoms with van der Waals surface area (Å²) in [6.45, 7) is 2.15. The van der Waals surface area contributed by atoms with E-state index in [0.717, 1.165) is 51.4 Å². The summed E-state index contributed by atoms with van der Waals surface area (Å²) in [4.78, 5) is 14.7. The number of aliphatic carboxylic acids is 1. The van der Waals surface area contributed by atoms with Crippen molar-refractivity contribution in [3.8, 4) is 0 Å². The zero-order chi connectivity index (χ0) is 17.9. The average molecular weight is 336 g/mol. The third-order valence-electron chi connectivity index (χ3n) is 3.43. The first-order chi connectivity index (χ1) is 11.7. The maximum absolute atomic E-state index is 10.3. The van der Waals surface area contributed by atoms with Crippen molar-refractivity contribution in [2.75, 3.05) is 0 Å². The molecule has 0 aromatic carbocycles. The van der Waals surface area contributed by atoms with Crippen LogP contribution in [0, 0.1) is 0 Å². The lowest BCUT2D eigenvalue weighted by Gasteiger charge is -2.01. The highest BCUT2D eigenvalue weighted by molar-refractivity contribution is 5.66. The third-order valence-corrected chi connectivity index (χ3v) is 3.43. The molecular formula is C20H32O4. The molecular weight excluding hydrogens is 304 g/mol. The first kappa shape index (κ1) is 22.2. The summed E-state index contributed by atoms with van der Waals surface area (Å²) in [5, 5.41) is 17.3.